The van der Waals surface area contributed by atoms with Gasteiger partial charge in [-0.25, -0.2) is 4.79 Å². The fourth-order valence-electron chi connectivity index (χ4n) is 3.27. The molecule has 4 nitrogen and oxygen atoms in total. The van der Waals surface area contributed by atoms with Crippen molar-refractivity contribution in [3.05, 3.63) is 29.3 Å². The number of hydrogen-bond acceptors (Lipinski definition) is 3. The quantitative estimate of drug-likeness (QED) is 0.743. The van der Waals surface area contributed by atoms with Crippen LogP contribution < -0.4 is 4.90 Å². The Morgan fingerprint density at radius 1 is 1.18 bits per heavy atom. The summed E-state index contributed by atoms with van der Waals surface area (Å²) in [5, 5.41) is 0. The second-order valence-electron chi connectivity index (χ2n) is 6.23. The van der Waals surface area contributed by atoms with Crippen molar-refractivity contribution in [2.75, 3.05) is 11.4 Å². The van der Waals surface area contributed by atoms with Crippen molar-refractivity contribution in [3.63, 3.8) is 0 Å². The molecule has 1 heterocycles. The smallest absolute Gasteiger partial charge is 0.414 e. The van der Waals surface area contributed by atoms with E-state index in [4.69, 9.17) is 4.74 Å². The van der Waals surface area contributed by atoms with E-state index in [0.717, 1.165) is 36.1 Å². The van der Waals surface area contributed by atoms with E-state index in [2.05, 4.69) is 6.92 Å². The molecule has 2 aliphatic rings. The predicted octanol–water partition coefficient (Wildman–Crippen LogP) is 4.11. The molecule has 0 saturated carbocycles. The first-order valence-corrected chi connectivity index (χ1v) is 8.33. The molecule has 0 spiro atoms. The van der Waals surface area contributed by atoms with Gasteiger partial charge >= 0.3 is 6.09 Å². The number of anilines is 1. The van der Waals surface area contributed by atoms with Crippen LogP contribution in [0.15, 0.2) is 18.2 Å². The minimum absolute atomic E-state index is 0.0201. The third-order valence-corrected chi connectivity index (χ3v) is 4.58. The summed E-state index contributed by atoms with van der Waals surface area (Å²) < 4.78 is 5.46. The second kappa shape index (κ2) is 6.51. The molecule has 1 aromatic carbocycles. The molecule has 3 rings (SSSR count). The molecule has 0 N–H and O–H groups in total. The van der Waals surface area contributed by atoms with Crippen LogP contribution in [0.25, 0.3) is 0 Å². The zero-order chi connectivity index (χ0) is 15.5. The highest BCUT2D eigenvalue weighted by Gasteiger charge is 2.32. The molecule has 118 valence electrons. The Morgan fingerprint density at radius 3 is 2.86 bits per heavy atom. The zero-order valence-electron chi connectivity index (χ0n) is 13.1. The minimum Gasteiger partial charge on any atom is -0.444 e. The maximum absolute atomic E-state index is 12.1. The number of ether oxygens (including phenoxy) is 1. The Balaban J connectivity index is 1.64. The first kappa shape index (κ1) is 15.1. The van der Waals surface area contributed by atoms with Gasteiger partial charge in [0.25, 0.3) is 0 Å². The number of amides is 1. The Labute approximate surface area is 131 Å². The van der Waals surface area contributed by atoms with E-state index in [0.29, 0.717) is 13.0 Å². The number of unbranched alkanes of at least 4 members (excludes halogenated alkanes) is 3. The number of rotatable bonds is 6. The monoisotopic (exact) mass is 301 g/mol. The van der Waals surface area contributed by atoms with Crippen LogP contribution in [-0.4, -0.2) is 24.5 Å². The van der Waals surface area contributed by atoms with Gasteiger partial charge in [0.15, 0.2) is 5.78 Å². The molecule has 1 saturated heterocycles. The van der Waals surface area contributed by atoms with Crippen molar-refractivity contribution in [1.29, 1.82) is 0 Å². The maximum atomic E-state index is 12.1. The summed E-state index contributed by atoms with van der Waals surface area (Å²) >= 11 is 0. The van der Waals surface area contributed by atoms with Crippen molar-refractivity contribution in [2.45, 2.75) is 58.0 Å². The van der Waals surface area contributed by atoms with E-state index >= 15 is 0 Å². The van der Waals surface area contributed by atoms with E-state index in [9.17, 15) is 9.59 Å². The first-order chi connectivity index (χ1) is 10.7. The van der Waals surface area contributed by atoms with Gasteiger partial charge in [0.05, 0.1) is 6.54 Å². The Hall–Kier alpha value is -1.84. The molecular formula is C18H23NO3. The Bertz CT molecular complexity index is 582. The minimum atomic E-state index is -0.286. The van der Waals surface area contributed by atoms with Crippen LogP contribution in [0.1, 0.15) is 61.4 Å². The van der Waals surface area contributed by atoms with E-state index in [1.54, 1.807) is 4.90 Å². The molecular weight excluding hydrogens is 278 g/mol. The molecule has 1 fully saturated rings. The average molecular weight is 301 g/mol. The van der Waals surface area contributed by atoms with Gasteiger partial charge in [0.1, 0.15) is 6.10 Å². The highest BCUT2D eigenvalue weighted by Crippen LogP contribution is 2.30. The van der Waals surface area contributed by atoms with Gasteiger partial charge in [0, 0.05) is 17.7 Å². The van der Waals surface area contributed by atoms with E-state index in [1.807, 2.05) is 18.2 Å². The van der Waals surface area contributed by atoms with E-state index in [-0.39, 0.29) is 18.0 Å². The second-order valence-corrected chi connectivity index (χ2v) is 6.23. The molecule has 22 heavy (non-hydrogen) atoms. The summed E-state index contributed by atoms with van der Waals surface area (Å²) in [4.78, 5) is 25.6. The fourth-order valence-corrected chi connectivity index (χ4v) is 3.27. The lowest BCUT2D eigenvalue weighted by atomic mass is 10.1. The summed E-state index contributed by atoms with van der Waals surface area (Å²) in [5.74, 6) is 0.181. The number of cyclic esters (lactones) is 1. The number of nitrogens with zero attached hydrogens (tertiary/aromatic N) is 1. The van der Waals surface area contributed by atoms with Gasteiger partial charge in [0.2, 0.25) is 0 Å². The molecule has 1 aliphatic carbocycles. The molecule has 1 aromatic rings. The Morgan fingerprint density at radius 2 is 2.05 bits per heavy atom. The molecule has 1 aliphatic heterocycles. The number of Topliss-reactive ketones (excluding diaryl/α,β-unsaturated/α-hetero) is 1. The van der Waals surface area contributed by atoms with Gasteiger partial charge in [-0.05, 0) is 37.0 Å². The number of carbonyl (C=O) groups excluding carboxylic acids is 2. The van der Waals surface area contributed by atoms with Crippen LogP contribution in [0.4, 0.5) is 10.5 Å². The number of carbonyl (C=O) groups is 2. The van der Waals surface area contributed by atoms with Crippen molar-refractivity contribution in [3.8, 4) is 0 Å². The van der Waals surface area contributed by atoms with Crippen LogP contribution in [-0.2, 0) is 11.2 Å². The number of aryl methyl sites for hydroxylation is 1. The number of benzene rings is 1. The highest BCUT2D eigenvalue weighted by atomic mass is 16.6. The third kappa shape index (κ3) is 3.01. The van der Waals surface area contributed by atoms with Crippen LogP contribution in [0, 0.1) is 0 Å². The van der Waals surface area contributed by atoms with Crippen molar-refractivity contribution < 1.29 is 14.3 Å². The topological polar surface area (TPSA) is 46.6 Å². The normalized spacial score (nSPS) is 20.4. The zero-order valence-corrected chi connectivity index (χ0v) is 13.1. The maximum Gasteiger partial charge on any atom is 0.414 e. The lowest BCUT2D eigenvalue weighted by molar-refractivity contribution is 0.0994. The third-order valence-electron chi connectivity index (χ3n) is 4.58. The summed E-state index contributed by atoms with van der Waals surface area (Å²) in [5.41, 5.74) is 2.66. The van der Waals surface area contributed by atoms with Gasteiger partial charge < -0.3 is 4.74 Å². The van der Waals surface area contributed by atoms with Crippen molar-refractivity contribution >= 4 is 17.6 Å². The molecule has 0 radical (unpaired) electrons. The molecule has 1 unspecified atom stereocenters. The predicted molar refractivity (Wildman–Crippen MR) is 85.5 cm³/mol. The number of ketones is 1. The van der Waals surface area contributed by atoms with Gasteiger partial charge in [-0.2, -0.15) is 0 Å². The van der Waals surface area contributed by atoms with Crippen molar-refractivity contribution in [2.24, 2.45) is 0 Å². The van der Waals surface area contributed by atoms with E-state index in [1.165, 1.54) is 19.3 Å². The molecule has 4 heteroatoms. The number of fused-ring (bicyclic) bond motifs is 1. The highest BCUT2D eigenvalue weighted by molar-refractivity contribution is 6.02. The summed E-state index contributed by atoms with van der Waals surface area (Å²) in [6.07, 6.45) is 6.75. The molecule has 1 atom stereocenters. The van der Waals surface area contributed by atoms with Gasteiger partial charge in [-0.1, -0.05) is 32.3 Å². The standard InChI is InChI=1S/C18H23NO3/c1-2-3-4-5-6-15-12-19(18(21)22-15)14-9-7-13-8-10-17(20)16(13)11-14/h7,9,11,15H,2-6,8,10,12H2,1H3. The first-order valence-electron chi connectivity index (χ1n) is 8.33. The lowest BCUT2D eigenvalue weighted by Gasteiger charge is -2.14. The fraction of sp³-hybridized carbons (Fsp3) is 0.556. The summed E-state index contributed by atoms with van der Waals surface area (Å²) in [6.45, 7) is 2.78. The van der Waals surface area contributed by atoms with Crippen LogP contribution in [0.3, 0.4) is 0 Å². The van der Waals surface area contributed by atoms with Gasteiger partial charge in [-0.15, -0.1) is 0 Å². The van der Waals surface area contributed by atoms with Crippen LogP contribution in [0.5, 0.6) is 0 Å². The molecule has 0 aromatic heterocycles. The van der Waals surface area contributed by atoms with Crippen LogP contribution in [0.2, 0.25) is 0 Å². The van der Waals surface area contributed by atoms with Gasteiger partial charge in [-0.3, -0.25) is 9.69 Å². The number of hydrogen-bond donors (Lipinski definition) is 0. The summed E-state index contributed by atoms with van der Waals surface area (Å²) in [6, 6.07) is 5.75. The largest absolute Gasteiger partial charge is 0.444 e. The summed E-state index contributed by atoms with van der Waals surface area (Å²) in [7, 11) is 0. The van der Waals surface area contributed by atoms with Crippen molar-refractivity contribution in [1.82, 2.24) is 0 Å². The SMILES string of the molecule is CCCCCCC1CN(c2ccc3c(c2)C(=O)CC3)C(=O)O1. The molecule has 0 bridgehead atoms. The van der Waals surface area contributed by atoms with E-state index < -0.39 is 0 Å². The Kier molecular flexibility index (Phi) is 4.46. The average Bonchev–Trinajstić information content (AvgIpc) is 3.07. The lowest BCUT2D eigenvalue weighted by Crippen LogP contribution is -2.24. The molecule has 1 amide bonds. The van der Waals surface area contributed by atoms with Crippen LogP contribution >= 0.6 is 0 Å².